The van der Waals surface area contributed by atoms with Crippen molar-refractivity contribution in [2.45, 2.75) is 5.92 Å². The van der Waals surface area contributed by atoms with Crippen molar-refractivity contribution in [3.05, 3.63) is 102 Å². The van der Waals surface area contributed by atoms with Crippen molar-refractivity contribution in [2.24, 2.45) is 0 Å². The first-order valence-electron chi connectivity index (χ1n) is 9.51. The van der Waals surface area contributed by atoms with Crippen LogP contribution in [-0.2, 0) is 4.79 Å². The molecular weight excluding hydrogens is 332 g/mol. The Morgan fingerprint density at radius 1 is 0.630 bits per heavy atom. The Hall–Kier alpha value is -3.07. The molecule has 3 nitrogen and oxygen atoms in total. The summed E-state index contributed by atoms with van der Waals surface area (Å²) in [5, 5.41) is 0. The van der Waals surface area contributed by atoms with Gasteiger partial charge in [0.15, 0.2) is 0 Å². The smallest absolute Gasteiger partial charge is 0.234 e. The van der Waals surface area contributed by atoms with Crippen LogP contribution in [0.5, 0.6) is 0 Å². The summed E-state index contributed by atoms with van der Waals surface area (Å²) < 4.78 is 0. The second-order valence-electron chi connectivity index (χ2n) is 6.90. The predicted molar refractivity (Wildman–Crippen MR) is 110 cm³/mol. The molecule has 0 aromatic heterocycles. The quantitative estimate of drug-likeness (QED) is 0.700. The molecule has 27 heavy (non-hydrogen) atoms. The molecule has 1 amide bonds. The van der Waals surface area contributed by atoms with Gasteiger partial charge in [-0.15, -0.1) is 0 Å². The first-order chi connectivity index (χ1) is 13.3. The van der Waals surface area contributed by atoms with Crippen LogP contribution in [0.2, 0.25) is 0 Å². The number of rotatable bonds is 4. The molecule has 0 spiro atoms. The lowest BCUT2D eigenvalue weighted by Crippen LogP contribution is -2.50. The van der Waals surface area contributed by atoms with Crippen molar-refractivity contribution < 1.29 is 4.79 Å². The van der Waals surface area contributed by atoms with Gasteiger partial charge in [0.2, 0.25) is 5.91 Å². The highest BCUT2D eigenvalue weighted by Gasteiger charge is 2.29. The first-order valence-corrected chi connectivity index (χ1v) is 9.51. The third-order valence-electron chi connectivity index (χ3n) is 5.23. The highest BCUT2D eigenvalue weighted by molar-refractivity contribution is 5.87. The summed E-state index contributed by atoms with van der Waals surface area (Å²) in [5.41, 5.74) is 3.34. The monoisotopic (exact) mass is 356 g/mol. The normalized spacial score (nSPS) is 14.4. The number of piperazine rings is 1. The van der Waals surface area contributed by atoms with Crippen LogP contribution < -0.4 is 4.90 Å². The van der Waals surface area contributed by atoms with Crippen molar-refractivity contribution in [1.29, 1.82) is 0 Å². The highest BCUT2D eigenvalue weighted by Crippen LogP contribution is 2.27. The standard InChI is InChI=1S/C24H24N2O/c27-24(26-18-16-25(17-19-26)22-14-8-3-9-15-22)23(20-10-4-1-5-11-20)21-12-6-2-7-13-21/h1-15,23H,16-19H2. The van der Waals surface area contributed by atoms with Crippen LogP contribution in [0.15, 0.2) is 91.0 Å². The molecule has 3 aromatic rings. The number of carbonyl (C=O) groups is 1. The van der Waals surface area contributed by atoms with Crippen LogP contribution in [0, 0.1) is 0 Å². The van der Waals surface area contributed by atoms with E-state index in [1.54, 1.807) is 0 Å². The van der Waals surface area contributed by atoms with E-state index in [-0.39, 0.29) is 11.8 Å². The van der Waals surface area contributed by atoms with E-state index < -0.39 is 0 Å². The van der Waals surface area contributed by atoms with Crippen LogP contribution in [-0.4, -0.2) is 37.0 Å². The lowest BCUT2D eigenvalue weighted by atomic mass is 9.90. The number of amides is 1. The molecule has 3 heteroatoms. The number of carbonyl (C=O) groups excluding carboxylic acids is 1. The molecule has 136 valence electrons. The van der Waals surface area contributed by atoms with Gasteiger partial charge < -0.3 is 9.80 Å². The van der Waals surface area contributed by atoms with E-state index >= 15 is 0 Å². The third-order valence-corrected chi connectivity index (χ3v) is 5.23. The van der Waals surface area contributed by atoms with Crippen molar-refractivity contribution in [3.63, 3.8) is 0 Å². The molecule has 0 radical (unpaired) electrons. The lowest BCUT2D eigenvalue weighted by Gasteiger charge is -2.37. The zero-order valence-electron chi connectivity index (χ0n) is 15.4. The number of nitrogens with zero attached hydrogens (tertiary/aromatic N) is 2. The molecule has 3 aromatic carbocycles. The second-order valence-corrected chi connectivity index (χ2v) is 6.90. The SMILES string of the molecule is O=C(C(c1ccccc1)c1ccccc1)N1CCN(c2ccccc2)CC1. The molecule has 0 N–H and O–H groups in total. The van der Waals surface area contributed by atoms with Gasteiger partial charge in [0.1, 0.15) is 0 Å². The zero-order valence-corrected chi connectivity index (χ0v) is 15.4. The topological polar surface area (TPSA) is 23.6 Å². The number of hydrogen-bond acceptors (Lipinski definition) is 2. The van der Waals surface area contributed by atoms with Gasteiger partial charge in [-0.2, -0.15) is 0 Å². The van der Waals surface area contributed by atoms with Gasteiger partial charge in [-0.05, 0) is 23.3 Å². The molecule has 4 rings (SSSR count). The molecule has 0 aliphatic carbocycles. The summed E-state index contributed by atoms with van der Waals surface area (Å²) >= 11 is 0. The Bertz CT molecular complexity index is 817. The van der Waals surface area contributed by atoms with E-state index in [1.807, 2.05) is 47.4 Å². The van der Waals surface area contributed by atoms with Crippen molar-refractivity contribution in [2.75, 3.05) is 31.1 Å². The molecule has 1 fully saturated rings. The van der Waals surface area contributed by atoms with Crippen LogP contribution in [0.4, 0.5) is 5.69 Å². The average molecular weight is 356 g/mol. The van der Waals surface area contributed by atoms with Crippen LogP contribution >= 0.6 is 0 Å². The summed E-state index contributed by atoms with van der Waals surface area (Å²) in [4.78, 5) is 17.8. The third kappa shape index (κ3) is 3.87. The first kappa shape index (κ1) is 17.3. The molecule has 0 saturated carbocycles. The van der Waals surface area contributed by atoms with Crippen LogP contribution in [0.1, 0.15) is 17.0 Å². The average Bonchev–Trinajstić information content (AvgIpc) is 2.76. The summed E-state index contributed by atoms with van der Waals surface area (Å²) in [6.07, 6.45) is 0. The minimum Gasteiger partial charge on any atom is -0.368 e. The van der Waals surface area contributed by atoms with Crippen molar-refractivity contribution in [3.8, 4) is 0 Å². The molecule has 1 aliphatic heterocycles. The Morgan fingerprint density at radius 2 is 1.07 bits per heavy atom. The number of anilines is 1. The van der Waals surface area contributed by atoms with E-state index in [2.05, 4.69) is 53.4 Å². The fraction of sp³-hybridized carbons (Fsp3) is 0.208. The molecule has 0 unspecified atom stereocenters. The van der Waals surface area contributed by atoms with Crippen LogP contribution in [0.3, 0.4) is 0 Å². The van der Waals surface area contributed by atoms with Gasteiger partial charge in [0.25, 0.3) is 0 Å². The Labute approximate surface area is 160 Å². The Morgan fingerprint density at radius 3 is 1.56 bits per heavy atom. The second kappa shape index (κ2) is 8.09. The highest BCUT2D eigenvalue weighted by atomic mass is 16.2. The Balaban J connectivity index is 1.53. The van der Waals surface area contributed by atoms with E-state index in [9.17, 15) is 4.79 Å². The minimum absolute atomic E-state index is 0.195. The fourth-order valence-corrected chi connectivity index (χ4v) is 3.78. The predicted octanol–water partition coefficient (Wildman–Crippen LogP) is 4.17. The molecule has 1 saturated heterocycles. The van der Waals surface area contributed by atoms with Crippen LogP contribution in [0.25, 0.3) is 0 Å². The van der Waals surface area contributed by atoms with Gasteiger partial charge >= 0.3 is 0 Å². The Kier molecular flexibility index (Phi) is 5.20. The molecule has 1 aliphatic rings. The number of benzene rings is 3. The van der Waals surface area contributed by atoms with Gasteiger partial charge in [-0.1, -0.05) is 78.9 Å². The molecule has 0 atom stereocenters. The summed E-state index contributed by atoms with van der Waals surface area (Å²) in [6, 6.07) is 30.6. The van der Waals surface area contributed by atoms with E-state index in [4.69, 9.17) is 0 Å². The summed E-state index contributed by atoms with van der Waals surface area (Å²) in [7, 11) is 0. The van der Waals surface area contributed by atoms with E-state index in [1.165, 1.54) is 5.69 Å². The summed E-state index contributed by atoms with van der Waals surface area (Å²) in [6.45, 7) is 3.24. The van der Waals surface area contributed by atoms with E-state index in [0.29, 0.717) is 0 Å². The van der Waals surface area contributed by atoms with Gasteiger partial charge in [-0.3, -0.25) is 4.79 Å². The van der Waals surface area contributed by atoms with Gasteiger partial charge in [0.05, 0.1) is 5.92 Å². The maximum Gasteiger partial charge on any atom is 0.234 e. The van der Waals surface area contributed by atoms with Gasteiger partial charge in [0, 0.05) is 31.9 Å². The van der Waals surface area contributed by atoms with Crippen molar-refractivity contribution >= 4 is 11.6 Å². The maximum absolute atomic E-state index is 13.4. The lowest BCUT2D eigenvalue weighted by molar-refractivity contribution is -0.132. The summed E-state index contributed by atoms with van der Waals surface area (Å²) in [5.74, 6) is -0.0456. The molecular formula is C24H24N2O. The van der Waals surface area contributed by atoms with Crippen molar-refractivity contribution in [1.82, 2.24) is 4.90 Å². The fourth-order valence-electron chi connectivity index (χ4n) is 3.78. The molecule has 0 bridgehead atoms. The number of para-hydroxylation sites is 1. The minimum atomic E-state index is -0.240. The van der Waals surface area contributed by atoms with Gasteiger partial charge in [-0.25, -0.2) is 0 Å². The largest absolute Gasteiger partial charge is 0.368 e. The zero-order chi connectivity index (χ0) is 18.5. The van der Waals surface area contributed by atoms with E-state index in [0.717, 1.165) is 37.3 Å². The number of hydrogen-bond donors (Lipinski definition) is 0. The maximum atomic E-state index is 13.4. The molecule has 1 heterocycles.